The number of aromatic nitrogens is 3. The number of amides is 1. The summed E-state index contributed by atoms with van der Waals surface area (Å²) in [6.45, 7) is 4.41. The van der Waals surface area contributed by atoms with Crippen molar-refractivity contribution >= 4 is 23.4 Å². The number of benzene rings is 3. The third kappa shape index (κ3) is 5.62. The minimum atomic E-state index is -0.341. The van der Waals surface area contributed by atoms with Crippen LogP contribution < -0.4 is 10.1 Å². The average Bonchev–Trinajstić information content (AvgIpc) is 3.19. The first-order valence-electron chi connectivity index (χ1n) is 10.7. The van der Waals surface area contributed by atoms with E-state index >= 15 is 0 Å². The van der Waals surface area contributed by atoms with E-state index in [9.17, 15) is 4.79 Å². The van der Waals surface area contributed by atoms with Crippen LogP contribution in [0.15, 0.2) is 84.0 Å². The van der Waals surface area contributed by atoms with Crippen LogP contribution in [0.3, 0.4) is 0 Å². The summed E-state index contributed by atoms with van der Waals surface area (Å²) in [5.74, 6) is 1.44. The number of carbonyl (C=O) groups excluding carboxylic acids is 1. The Kier molecular flexibility index (Phi) is 7.10. The van der Waals surface area contributed by atoms with E-state index in [1.165, 1.54) is 11.8 Å². The zero-order valence-electron chi connectivity index (χ0n) is 18.9. The molecule has 1 amide bonds. The Morgan fingerprint density at radius 2 is 1.70 bits per heavy atom. The third-order valence-corrected chi connectivity index (χ3v) is 6.38. The predicted molar refractivity (Wildman–Crippen MR) is 132 cm³/mol. The van der Waals surface area contributed by atoms with Gasteiger partial charge in [-0.1, -0.05) is 66.4 Å². The van der Waals surface area contributed by atoms with Crippen molar-refractivity contribution in [1.82, 2.24) is 14.8 Å². The van der Waals surface area contributed by atoms with Crippen molar-refractivity contribution in [2.45, 2.75) is 30.9 Å². The highest BCUT2D eigenvalue weighted by atomic mass is 32.2. The molecule has 0 radical (unpaired) electrons. The van der Waals surface area contributed by atoms with Gasteiger partial charge in [0.1, 0.15) is 12.4 Å². The standard InChI is InChI=1S/C26H26N4O2S/c1-18-9-7-8-12-23(18)24-28-29-26(30(24)3)33-19(2)25(31)27-21-13-15-22(16-14-21)32-17-20-10-5-4-6-11-20/h4-16,19H,17H2,1-3H3,(H,27,31). The number of nitrogens with zero attached hydrogens (tertiary/aromatic N) is 3. The quantitative estimate of drug-likeness (QED) is 0.354. The lowest BCUT2D eigenvalue weighted by Gasteiger charge is -2.13. The molecule has 3 aromatic carbocycles. The molecule has 4 aromatic rings. The fraction of sp³-hybridized carbons (Fsp3) is 0.192. The maximum Gasteiger partial charge on any atom is 0.237 e. The molecule has 0 bridgehead atoms. The zero-order valence-corrected chi connectivity index (χ0v) is 19.7. The van der Waals surface area contributed by atoms with Gasteiger partial charge in [-0.3, -0.25) is 4.79 Å². The van der Waals surface area contributed by atoms with Crippen LogP contribution in [-0.4, -0.2) is 25.9 Å². The van der Waals surface area contributed by atoms with Gasteiger partial charge < -0.3 is 14.6 Å². The Bertz CT molecular complexity index is 1220. The van der Waals surface area contributed by atoms with Crippen molar-refractivity contribution in [3.8, 4) is 17.1 Å². The van der Waals surface area contributed by atoms with Gasteiger partial charge in [0.15, 0.2) is 11.0 Å². The van der Waals surface area contributed by atoms with E-state index in [1.54, 1.807) is 0 Å². The molecule has 0 aliphatic carbocycles. The number of carbonyl (C=O) groups is 1. The summed E-state index contributed by atoms with van der Waals surface area (Å²) in [6.07, 6.45) is 0. The van der Waals surface area contributed by atoms with Crippen LogP contribution in [0.4, 0.5) is 5.69 Å². The van der Waals surface area contributed by atoms with Crippen molar-refractivity contribution in [1.29, 1.82) is 0 Å². The maximum absolute atomic E-state index is 12.7. The van der Waals surface area contributed by atoms with E-state index < -0.39 is 0 Å². The number of hydrogen-bond donors (Lipinski definition) is 1. The molecule has 0 saturated carbocycles. The summed E-state index contributed by atoms with van der Waals surface area (Å²) in [5, 5.41) is 11.9. The molecule has 1 N–H and O–H groups in total. The molecule has 6 nitrogen and oxygen atoms in total. The fourth-order valence-corrected chi connectivity index (χ4v) is 4.12. The summed E-state index contributed by atoms with van der Waals surface area (Å²) in [6, 6.07) is 25.4. The molecule has 1 heterocycles. The molecule has 1 aromatic heterocycles. The molecular weight excluding hydrogens is 432 g/mol. The Labute approximate surface area is 198 Å². The summed E-state index contributed by atoms with van der Waals surface area (Å²) in [5.41, 5.74) is 3.99. The predicted octanol–water partition coefficient (Wildman–Crippen LogP) is 5.49. The van der Waals surface area contributed by atoms with Crippen molar-refractivity contribution < 1.29 is 9.53 Å². The topological polar surface area (TPSA) is 69.0 Å². The summed E-state index contributed by atoms with van der Waals surface area (Å²) in [7, 11) is 1.92. The molecule has 0 saturated heterocycles. The number of aryl methyl sites for hydroxylation is 1. The van der Waals surface area contributed by atoms with Crippen LogP contribution >= 0.6 is 11.8 Å². The number of hydrogen-bond acceptors (Lipinski definition) is 5. The normalized spacial score (nSPS) is 11.7. The SMILES string of the molecule is Cc1ccccc1-c1nnc(SC(C)C(=O)Nc2ccc(OCc3ccccc3)cc2)n1C. The molecule has 0 aliphatic heterocycles. The minimum Gasteiger partial charge on any atom is -0.489 e. The second kappa shape index (κ2) is 10.4. The lowest BCUT2D eigenvalue weighted by molar-refractivity contribution is -0.115. The van der Waals surface area contributed by atoms with E-state index in [-0.39, 0.29) is 11.2 Å². The average molecular weight is 459 g/mol. The van der Waals surface area contributed by atoms with Crippen LogP contribution in [-0.2, 0) is 18.4 Å². The highest BCUT2D eigenvalue weighted by molar-refractivity contribution is 8.00. The smallest absolute Gasteiger partial charge is 0.237 e. The van der Waals surface area contributed by atoms with Gasteiger partial charge in [0.25, 0.3) is 0 Å². The van der Waals surface area contributed by atoms with Gasteiger partial charge >= 0.3 is 0 Å². The highest BCUT2D eigenvalue weighted by Gasteiger charge is 2.20. The molecule has 1 atom stereocenters. The van der Waals surface area contributed by atoms with Gasteiger partial charge in [0.05, 0.1) is 5.25 Å². The van der Waals surface area contributed by atoms with Crippen LogP contribution in [0.25, 0.3) is 11.4 Å². The Morgan fingerprint density at radius 1 is 1.00 bits per heavy atom. The Morgan fingerprint density at radius 3 is 2.42 bits per heavy atom. The fourth-order valence-electron chi connectivity index (χ4n) is 3.31. The van der Waals surface area contributed by atoms with E-state index in [0.717, 1.165) is 34.0 Å². The number of ether oxygens (including phenoxy) is 1. The van der Waals surface area contributed by atoms with E-state index in [0.29, 0.717) is 11.8 Å². The van der Waals surface area contributed by atoms with Crippen molar-refractivity contribution in [3.63, 3.8) is 0 Å². The van der Waals surface area contributed by atoms with Crippen LogP contribution in [0.2, 0.25) is 0 Å². The zero-order chi connectivity index (χ0) is 23.2. The lowest BCUT2D eigenvalue weighted by atomic mass is 10.1. The molecule has 0 aliphatic rings. The molecule has 0 fully saturated rings. The van der Waals surface area contributed by atoms with Crippen molar-refractivity contribution in [2.75, 3.05) is 5.32 Å². The van der Waals surface area contributed by atoms with Crippen molar-refractivity contribution in [2.24, 2.45) is 7.05 Å². The van der Waals surface area contributed by atoms with Gasteiger partial charge in [-0.25, -0.2) is 0 Å². The number of rotatable bonds is 8. The first-order chi connectivity index (χ1) is 16.0. The van der Waals surface area contributed by atoms with E-state index in [2.05, 4.69) is 15.5 Å². The first-order valence-corrected chi connectivity index (χ1v) is 11.6. The second-order valence-electron chi connectivity index (χ2n) is 7.73. The number of thioether (sulfide) groups is 1. The molecule has 7 heteroatoms. The first kappa shape index (κ1) is 22.6. The maximum atomic E-state index is 12.7. The van der Waals surface area contributed by atoms with E-state index in [1.807, 2.05) is 104 Å². The van der Waals surface area contributed by atoms with Gasteiger partial charge in [0, 0.05) is 18.3 Å². The van der Waals surface area contributed by atoms with Gasteiger partial charge in [-0.15, -0.1) is 10.2 Å². The van der Waals surface area contributed by atoms with Gasteiger partial charge in [0.2, 0.25) is 5.91 Å². The largest absolute Gasteiger partial charge is 0.489 e. The van der Waals surface area contributed by atoms with Crippen LogP contribution in [0.1, 0.15) is 18.1 Å². The molecule has 168 valence electrons. The summed E-state index contributed by atoms with van der Waals surface area (Å²) < 4.78 is 7.73. The Hall–Kier alpha value is -3.58. The van der Waals surface area contributed by atoms with Crippen molar-refractivity contribution in [3.05, 3.63) is 90.0 Å². The highest BCUT2D eigenvalue weighted by Crippen LogP contribution is 2.28. The summed E-state index contributed by atoms with van der Waals surface area (Å²) in [4.78, 5) is 12.7. The lowest BCUT2D eigenvalue weighted by Crippen LogP contribution is -2.22. The minimum absolute atomic E-state index is 0.0987. The van der Waals surface area contributed by atoms with Gasteiger partial charge in [-0.05, 0) is 49.2 Å². The number of nitrogens with one attached hydrogen (secondary N) is 1. The molecular formula is C26H26N4O2S. The third-order valence-electron chi connectivity index (χ3n) is 5.24. The second-order valence-corrected chi connectivity index (χ2v) is 9.04. The van der Waals surface area contributed by atoms with Gasteiger partial charge in [-0.2, -0.15) is 0 Å². The molecule has 33 heavy (non-hydrogen) atoms. The number of anilines is 1. The van der Waals surface area contributed by atoms with E-state index in [4.69, 9.17) is 4.74 Å². The Balaban J connectivity index is 1.34. The molecule has 0 spiro atoms. The molecule has 4 rings (SSSR count). The van der Waals surface area contributed by atoms with Crippen LogP contribution in [0.5, 0.6) is 5.75 Å². The summed E-state index contributed by atoms with van der Waals surface area (Å²) >= 11 is 1.38. The molecule has 1 unspecified atom stereocenters. The van der Waals surface area contributed by atoms with Crippen LogP contribution in [0, 0.1) is 6.92 Å². The monoisotopic (exact) mass is 458 g/mol.